The highest BCUT2D eigenvalue weighted by atomic mass is 16.6. The zero-order chi connectivity index (χ0) is 17.2. The zero-order valence-electron chi connectivity index (χ0n) is 14.8. The third kappa shape index (κ3) is 6.28. The summed E-state index contributed by atoms with van der Waals surface area (Å²) in [5, 5.41) is 9.97. The number of nitrogens with zero attached hydrogens (tertiary/aromatic N) is 1. The van der Waals surface area contributed by atoms with E-state index in [1.54, 1.807) is 0 Å². The summed E-state index contributed by atoms with van der Waals surface area (Å²) >= 11 is 0. The SMILES string of the molecule is Cc1cc(N2CCOCCOCCOCCOCC2)cc(C)c1O. The summed E-state index contributed by atoms with van der Waals surface area (Å²) < 4.78 is 22.2. The number of aryl methyl sites for hydroxylation is 2. The van der Waals surface area contributed by atoms with E-state index in [0.717, 1.165) is 29.9 Å². The molecular weight excluding hydrogens is 310 g/mol. The smallest absolute Gasteiger partial charge is 0.121 e. The monoisotopic (exact) mass is 339 g/mol. The van der Waals surface area contributed by atoms with Crippen LogP contribution in [-0.2, 0) is 18.9 Å². The van der Waals surface area contributed by atoms with E-state index in [1.807, 2.05) is 26.0 Å². The van der Waals surface area contributed by atoms with Crippen LogP contribution in [0.25, 0.3) is 0 Å². The summed E-state index contributed by atoms with van der Waals surface area (Å²) in [6, 6.07) is 4.01. The van der Waals surface area contributed by atoms with Gasteiger partial charge in [0.25, 0.3) is 0 Å². The van der Waals surface area contributed by atoms with E-state index in [1.165, 1.54) is 0 Å². The third-order valence-corrected chi connectivity index (χ3v) is 3.97. The Bertz CT molecular complexity index is 455. The van der Waals surface area contributed by atoms with Crippen LogP contribution in [0.5, 0.6) is 5.75 Å². The predicted octanol–water partition coefficient (Wildman–Crippen LogP) is 1.90. The molecule has 0 radical (unpaired) electrons. The van der Waals surface area contributed by atoms with Gasteiger partial charge in [-0.2, -0.15) is 0 Å². The Hall–Kier alpha value is -1.34. The molecule has 0 aliphatic carbocycles. The average Bonchev–Trinajstić information content (AvgIpc) is 2.58. The third-order valence-electron chi connectivity index (χ3n) is 3.97. The van der Waals surface area contributed by atoms with Crippen molar-refractivity contribution in [1.82, 2.24) is 0 Å². The number of hydrogen-bond acceptors (Lipinski definition) is 6. The molecule has 1 aromatic rings. The van der Waals surface area contributed by atoms with Crippen LogP contribution in [-0.4, -0.2) is 71.1 Å². The first-order valence-electron chi connectivity index (χ1n) is 8.54. The first-order valence-corrected chi connectivity index (χ1v) is 8.54. The molecule has 1 N–H and O–H groups in total. The van der Waals surface area contributed by atoms with E-state index in [-0.39, 0.29) is 0 Å². The van der Waals surface area contributed by atoms with Crippen molar-refractivity contribution in [2.75, 3.05) is 70.8 Å². The van der Waals surface area contributed by atoms with E-state index in [0.29, 0.717) is 58.6 Å². The molecule has 6 nitrogen and oxygen atoms in total. The molecule has 0 spiro atoms. The van der Waals surface area contributed by atoms with Crippen LogP contribution >= 0.6 is 0 Å². The molecule has 1 aliphatic rings. The lowest BCUT2D eigenvalue weighted by molar-refractivity contribution is 0.00206. The fourth-order valence-electron chi connectivity index (χ4n) is 2.60. The molecule has 0 amide bonds. The van der Waals surface area contributed by atoms with Crippen molar-refractivity contribution in [2.45, 2.75) is 13.8 Å². The standard InChI is InChI=1S/C18H29NO5/c1-15-13-17(14-16(2)18(15)20)19-3-5-21-7-9-23-11-12-24-10-8-22-6-4-19/h13-14,20H,3-12H2,1-2H3. The van der Waals surface area contributed by atoms with Crippen LogP contribution < -0.4 is 4.90 Å². The summed E-state index contributed by atoms with van der Waals surface area (Å²) in [5.41, 5.74) is 2.83. The molecule has 1 heterocycles. The van der Waals surface area contributed by atoms with Gasteiger partial charge in [0.05, 0.1) is 52.9 Å². The molecule has 2 rings (SSSR count). The lowest BCUT2D eigenvalue weighted by Gasteiger charge is -2.26. The molecule has 0 atom stereocenters. The second-order valence-corrected chi connectivity index (χ2v) is 5.86. The number of anilines is 1. The first-order chi connectivity index (χ1) is 11.7. The van der Waals surface area contributed by atoms with Crippen LogP contribution in [0.15, 0.2) is 12.1 Å². The van der Waals surface area contributed by atoms with Gasteiger partial charge in [-0.25, -0.2) is 0 Å². The second-order valence-electron chi connectivity index (χ2n) is 5.86. The zero-order valence-corrected chi connectivity index (χ0v) is 14.8. The van der Waals surface area contributed by atoms with Crippen LogP contribution in [0.3, 0.4) is 0 Å². The highest BCUT2D eigenvalue weighted by Gasteiger charge is 2.11. The van der Waals surface area contributed by atoms with E-state index in [2.05, 4.69) is 4.90 Å². The number of hydrogen-bond donors (Lipinski definition) is 1. The van der Waals surface area contributed by atoms with Crippen molar-refractivity contribution in [3.8, 4) is 5.75 Å². The number of rotatable bonds is 1. The van der Waals surface area contributed by atoms with Crippen molar-refractivity contribution < 1.29 is 24.1 Å². The lowest BCUT2D eigenvalue weighted by Crippen LogP contribution is -2.31. The number of phenolic OH excluding ortho intramolecular Hbond substituents is 1. The summed E-state index contributed by atoms with van der Waals surface area (Å²) in [6.45, 7) is 10.1. The van der Waals surface area contributed by atoms with E-state index in [9.17, 15) is 5.11 Å². The largest absolute Gasteiger partial charge is 0.507 e. The lowest BCUT2D eigenvalue weighted by atomic mass is 10.1. The van der Waals surface area contributed by atoms with Crippen molar-refractivity contribution in [1.29, 1.82) is 0 Å². The summed E-state index contributed by atoms with van der Waals surface area (Å²) in [7, 11) is 0. The molecule has 0 saturated carbocycles. The summed E-state index contributed by atoms with van der Waals surface area (Å²) in [6.07, 6.45) is 0. The predicted molar refractivity (Wildman–Crippen MR) is 93.1 cm³/mol. The normalized spacial score (nSPS) is 19.5. The fourth-order valence-corrected chi connectivity index (χ4v) is 2.60. The number of benzene rings is 1. The van der Waals surface area contributed by atoms with Gasteiger partial charge in [-0.3, -0.25) is 0 Å². The minimum absolute atomic E-state index is 0.360. The molecule has 6 heteroatoms. The van der Waals surface area contributed by atoms with E-state index in [4.69, 9.17) is 18.9 Å². The van der Waals surface area contributed by atoms with Crippen molar-refractivity contribution in [3.63, 3.8) is 0 Å². The van der Waals surface area contributed by atoms with Gasteiger partial charge in [-0.05, 0) is 37.1 Å². The fraction of sp³-hybridized carbons (Fsp3) is 0.667. The van der Waals surface area contributed by atoms with Gasteiger partial charge in [0.1, 0.15) is 5.75 Å². The van der Waals surface area contributed by atoms with Crippen molar-refractivity contribution in [3.05, 3.63) is 23.3 Å². The quantitative estimate of drug-likeness (QED) is 0.843. The van der Waals surface area contributed by atoms with Gasteiger partial charge < -0.3 is 29.0 Å². The van der Waals surface area contributed by atoms with Gasteiger partial charge in [-0.15, -0.1) is 0 Å². The summed E-state index contributed by atoms with van der Waals surface area (Å²) in [5.74, 6) is 0.360. The molecule has 1 saturated heterocycles. The molecule has 1 aromatic carbocycles. The van der Waals surface area contributed by atoms with E-state index >= 15 is 0 Å². The maximum atomic E-state index is 9.97. The molecule has 0 aromatic heterocycles. The minimum Gasteiger partial charge on any atom is -0.507 e. The van der Waals surface area contributed by atoms with E-state index < -0.39 is 0 Å². The Labute approximate surface area is 144 Å². The van der Waals surface area contributed by atoms with Gasteiger partial charge in [0.2, 0.25) is 0 Å². The molecular formula is C18H29NO5. The number of phenols is 1. The number of aromatic hydroxyl groups is 1. The Kier molecular flexibility index (Phi) is 8.32. The number of ether oxygens (including phenoxy) is 4. The first kappa shape index (κ1) is 19.0. The highest BCUT2D eigenvalue weighted by Crippen LogP contribution is 2.27. The van der Waals surface area contributed by atoms with Gasteiger partial charge in [-0.1, -0.05) is 0 Å². The molecule has 0 bridgehead atoms. The molecule has 1 fully saturated rings. The van der Waals surface area contributed by atoms with Gasteiger partial charge in [0.15, 0.2) is 0 Å². The Morgan fingerprint density at radius 1 is 0.708 bits per heavy atom. The molecule has 0 unspecified atom stereocenters. The van der Waals surface area contributed by atoms with Crippen molar-refractivity contribution >= 4 is 5.69 Å². The van der Waals surface area contributed by atoms with Crippen LogP contribution in [0.1, 0.15) is 11.1 Å². The highest BCUT2D eigenvalue weighted by molar-refractivity contribution is 5.56. The maximum Gasteiger partial charge on any atom is 0.121 e. The Balaban J connectivity index is 1.98. The average molecular weight is 339 g/mol. The van der Waals surface area contributed by atoms with Crippen LogP contribution in [0.2, 0.25) is 0 Å². The minimum atomic E-state index is 0.360. The van der Waals surface area contributed by atoms with Crippen LogP contribution in [0, 0.1) is 13.8 Å². The topological polar surface area (TPSA) is 60.4 Å². The molecule has 1 aliphatic heterocycles. The van der Waals surface area contributed by atoms with Crippen molar-refractivity contribution in [2.24, 2.45) is 0 Å². The Morgan fingerprint density at radius 3 is 1.50 bits per heavy atom. The Morgan fingerprint density at radius 2 is 1.08 bits per heavy atom. The second kappa shape index (κ2) is 10.5. The summed E-state index contributed by atoms with van der Waals surface area (Å²) in [4.78, 5) is 2.22. The van der Waals surface area contributed by atoms with Gasteiger partial charge >= 0.3 is 0 Å². The molecule has 136 valence electrons. The maximum absolute atomic E-state index is 9.97. The van der Waals surface area contributed by atoms with Crippen LogP contribution in [0.4, 0.5) is 5.69 Å². The molecule has 24 heavy (non-hydrogen) atoms. The van der Waals surface area contributed by atoms with Gasteiger partial charge in [0, 0.05) is 18.8 Å².